The normalized spacial score (nSPS) is 8.40. The van der Waals surface area contributed by atoms with Crippen molar-refractivity contribution < 1.29 is 4.43 Å². The van der Waals surface area contributed by atoms with E-state index in [4.69, 9.17) is 0 Å². The smallest absolute Gasteiger partial charge is 0.239 e. The first-order valence-electron chi connectivity index (χ1n) is 1.28. The van der Waals surface area contributed by atoms with E-state index in [-0.39, 0.29) is 0 Å². The van der Waals surface area contributed by atoms with Gasteiger partial charge in [0, 0.05) is 12.5 Å². The molecule has 0 aromatic heterocycles. The maximum atomic E-state index is 4.64. The fourth-order valence-electron chi connectivity index (χ4n) is 0.0645. The van der Waals surface area contributed by atoms with Gasteiger partial charge < -0.3 is 4.43 Å². The van der Waals surface area contributed by atoms with E-state index in [9.17, 15) is 0 Å². The van der Waals surface area contributed by atoms with Crippen molar-refractivity contribution in [2.24, 2.45) is 0 Å². The zero-order valence-corrected chi connectivity index (χ0v) is 4.96. The van der Waals surface area contributed by atoms with Gasteiger partial charge in [0.25, 0.3) is 0 Å². The molecule has 0 atom stereocenters. The summed E-state index contributed by atoms with van der Waals surface area (Å²) in [6.07, 6.45) is 0. The SMILES string of the molecule is CO[Si]CS. The van der Waals surface area contributed by atoms with Crippen molar-refractivity contribution in [3.63, 3.8) is 0 Å². The molecule has 0 unspecified atom stereocenters. The molecule has 0 aliphatic heterocycles. The number of thiol groups is 1. The van der Waals surface area contributed by atoms with Crippen molar-refractivity contribution >= 4 is 22.4 Å². The van der Waals surface area contributed by atoms with Gasteiger partial charge in [-0.3, -0.25) is 0 Å². The molecule has 0 aliphatic rings. The lowest BCUT2D eigenvalue weighted by molar-refractivity contribution is 0.446. The average Bonchev–Trinajstić information content (AvgIpc) is 1.41. The zero-order chi connectivity index (χ0) is 4.12. The highest BCUT2D eigenvalue weighted by Crippen LogP contribution is 1.65. The van der Waals surface area contributed by atoms with E-state index >= 15 is 0 Å². The van der Waals surface area contributed by atoms with Crippen LogP contribution < -0.4 is 0 Å². The summed E-state index contributed by atoms with van der Waals surface area (Å²) in [5.41, 5.74) is 0. The summed E-state index contributed by atoms with van der Waals surface area (Å²) in [5, 5.41) is 0.844. The van der Waals surface area contributed by atoms with Gasteiger partial charge in [0.1, 0.15) is 0 Å². The zero-order valence-electron chi connectivity index (χ0n) is 3.06. The van der Waals surface area contributed by atoms with Gasteiger partial charge in [0.2, 0.25) is 9.76 Å². The quantitative estimate of drug-likeness (QED) is 0.389. The molecule has 0 aromatic carbocycles. The topological polar surface area (TPSA) is 9.23 Å². The van der Waals surface area contributed by atoms with E-state index in [0.717, 1.165) is 5.38 Å². The van der Waals surface area contributed by atoms with Crippen LogP contribution in [-0.4, -0.2) is 22.2 Å². The first-order chi connectivity index (χ1) is 2.41. The van der Waals surface area contributed by atoms with Crippen LogP contribution in [0.2, 0.25) is 0 Å². The van der Waals surface area contributed by atoms with E-state index in [1.165, 1.54) is 0 Å². The van der Waals surface area contributed by atoms with Crippen molar-refractivity contribution in [1.82, 2.24) is 0 Å². The Hall–Kier alpha value is 0.527. The van der Waals surface area contributed by atoms with Crippen LogP contribution in [0.1, 0.15) is 0 Å². The molecule has 0 aromatic rings. The molecule has 0 spiro atoms. The van der Waals surface area contributed by atoms with Crippen molar-refractivity contribution in [3.05, 3.63) is 0 Å². The van der Waals surface area contributed by atoms with Gasteiger partial charge in [-0.1, -0.05) is 0 Å². The molecule has 0 rings (SSSR count). The van der Waals surface area contributed by atoms with Crippen LogP contribution >= 0.6 is 12.6 Å². The summed E-state index contributed by atoms with van der Waals surface area (Å²) in [6, 6.07) is 0. The van der Waals surface area contributed by atoms with E-state index in [1.807, 2.05) is 0 Å². The Morgan fingerprint density at radius 1 is 2.00 bits per heavy atom. The first-order valence-corrected chi connectivity index (χ1v) is 3.03. The van der Waals surface area contributed by atoms with Gasteiger partial charge in [0.15, 0.2) is 0 Å². The summed E-state index contributed by atoms with van der Waals surface area (Å²) < 4.78 is 4.64. The molecule has 0 fully saturated rings. The van der Waals surface area contributed by atoms with Crippen molar-refractivity contribution in [1.29, 1.82) is 0 Å². The second-order valence-corrected chi connectivity index (χ2v) is 2.47. The second kappa shape index (κ2) is 4.53. The molecule has 0 saturated heterocycles. The van der Waals surface area contributed by atoms with Gasteiger partial charge in [0.05, 0.1) is 0 Å². The molecule has 30 valence electrons. The summed E-state index contributed by atoms with van der Waals surface area (Å²) in [7, 11) is 2.24. The predicted molar refractivity (Wildman–Crippen MR) is 26.6 cm³/mol. The van der Waals surface area contributed by atoms with Crippen LogP contribution in [0.5, 0.6) is 0 Å². The first kappa shape index (κ1) is 5.53. The van der Waals surface area contributed by atoms with Crippen LogP contribution in [0.25, 0.3) is 0 Å². The van der Waals surface area contributed by atoms with Gasteiger partial charge in [-0.15, -0.1) is 0 Å². The molecule has 3 heteroatoms. The Bertz CT molecular complexity index is 17.1. The molecule has 0 heterocycles. The lowest BCUT2D eigenvalue weighted by Gasteiger charge is -1.80. The van der Waals surface area contributed by atoms with Crippen molar-refractivity contribution in [2.75, 3.05) is 12.5 Å². The van der Waals surface area contributed by atoms with Crippen molar-refractivity contribution in [2.45, 2.75) is 0 Å². The van der Waals surface area contributed by atoms with E-state index in [2.05, 4.69) is 17.1 Å². The largest absolute Gasteiger partial charge is 0.420 e. The van der Waals surface area contributed by atoms with Crippen LogP contribution in [0.3, 0.4) is 0 Å². The third kappa shape index (κ3) is 4.53. The molecule has 0 aliphatic carbocycles. The van der Waals surface area contributed by atoms with Gasteiger partial charge >= 0.3 is 0 Å². The third-order valence-electron chi connectivity index (χ3n) is 0.209. The Morgan fingerprint density at radius 2 is 2.60 bits per heavy atom. The molecule has 0 amide bonds. The van der Waals surface area contributed by atoms with Gasteiger partial charge in [-0.25, -0.2) is 0 Å². The van der Waals surface area contributed by atoms with E-state index in [0.29, 0.717) is 9.76 Å². The molecular weight excluding hydrogens is 100 g/mol. The highest BCUT2D eigenvalue weighted by Gasteiger charge is 1.72. The van der Waals surface area contributed by atoms with E-state index in [1.54, 1.807) is 7.11 Å². The Kier molecular flexibility index (Phi) is 5.00. The summed E-state index contributed by atoms with van der Waals surface area (Å²) in [4.78, 5) is 0. The average molecular weight is 106 g/mol. The summed E-state index contributed by atoms with van der Waals surface area (Å²) in [5.74, 6) is 0. The minimum absolute atomic E-state index is 0.562. The van der Waals surface area contributed by atoms with Gasteiger partial charge in [-0.2, -0.15) is 12.6 Å². The number of rotatable bonds is 2. The molecule has 1 nitrogen and oxygen atoms in total. The highest BCUT2D eigenvalue weighted by molar-refractivity contribution is 7.81. The molecular formula is C2H6OSSi. The van der Waals surface area contributed by atoms with Crippen molar-refractivity contribution in [3.8, 4) is 0 Å². The lowest BCUT2D eigenvalue weighted by atomic mass is 11.8. The maximum absolute atomic E-state index is 4.64. The number of hydrogen-bond donors (Lipinski definition) is 1. The molecule has 0 bridgehead atoms. The molecule has 5 heavy (non-hydrogen) atoms. The summed E-state index contributed by atoms with van der Waals surface area (Å²) in [6.45, 7) is 0. The number of hydrogen-bond acceptors (Lipinski definition) is 2. The van der Waals surface area contributed by atoms with Crippen LogP contribution in [0.15, 0.2) is 0 Å². The Morgan fingerprint density at radius 3 is 2.60 bits per heavy atom. The maximum Gasteiger partial charge on any atom is 0.239 e. The fraction of sp³-hybridized carbons (Fsp3) is 1.00. The Labute approximate surface area is 40.1 Å². The standard InChI is InChI=1S/C2H6OSSi/c1-3-5-2-4/h4H,2H2,1H3. The van der Waals surface area contributed by atoms with Crippen LogP contribution in [0, 0.1) is 0 Å². The van der Waals surface area contributed by atoms with E-state index < -0.39 is 0 Å². The molecule has 0 N–H and O–H groups in total. The second-order valence-electron chi connectivity index (χ2n) is 0.507. The van der Waals surface area contributed by atoms with Gasteiger partial charge in [-0.05, 0) is 0 Å². The third-order valence-corrected chi connectivity index (χ3v) is 1.01. The molecule has 2 radical (unpaired) electrons. The highest BCUT2D eigenvalue weighted by atomic mass is 32.1. The Balaban J connectivity index is 2.19. The lowest BCUT2D eigenvalue weighted by Crippen LogP contribution is -1.92. The minimum Gasteiger partial charge on any atom is -0.420 e. The minimum atomic E-state index is 0.562. The van der Waals surface area contributed by atoms with Crippen LogP contribution in [-0.2, 0) is 4.43 Å². The van der Waals surface area contributed by atoms with Crippen LogP contribution in [0.4, 0.5) is 0 Å². The fourth-order valence-corrected chi connectivity index (χ4v) is 0.581. The predicted octanol–water partition coefficient (Wildman–Crippen LogP) is 0.139. The summed E-state index contributed by atoms with van der Waals surface area (Å²) >= 11 is 3.89. The molecule has 0 saturated carbocycles. The monoisotopic (exact) mass is 106 g/mol.